The first-order chi connectivity index (χ1) is 13.9. The van der Waals surface area contributed by atoms with Gasteiger partial charge in [0, 0.05) is 5.39 Å². The molecule has 0 unspecified atom stereocenters. The molecule has 29 heavy (non-hydrogen) atoms. The summed E-state index contributed by atoms with van der Waals surface area (Å²) in [6.07, 6.45) is 0. The highest BCUT2D eigenvalue weighted by atomic mass is 16.5. The lowest BCUT2D eigenvalue weighted by molar-refractivity contribution is -0.124. The number of hydrogen-bond donors (Lipinski definition) is 2. The van der Waals surface area contributed by atoms with E-state index in [1.807, 2.05) is 25.1 Å². The molecule has 150 valence electrons. The number of nitrogens with zero attached hydrogens (tertiary/aromatic N) is 2. The molecule has 0 fully saturated rings. The molecule has 0 aliphatic rings. The van der Waals surface area contributed by atoms with Crippen LogP contribution in [0.2, 0.25) is 0 Å². The summed E-state index contributed by atoms with van der Waals surface area (Å²) >= 11 is 0. The molecule has 1 heterocycles. The topological polar surface area (TPSA) is 102 Å². The van der Waals surface area contributed by atoms with E-state index >= 15 is 0 Å². The number of ether oxygens (including phenoxy) is 1. The maximum atomic E-state index is 12.5. The molecule has 3 rings (SSSR count). The third-order valence-corrected chi connectivity index (χ3v) is 4.42. The van der Waals surface area contributed by atoms with Gasteiger partial charge in [0.15, 0.2) is 0 Å². The second-order valence-electron chi connectivity index (χ2n) is 6.62. The van der Waals surface area contributed by atoms with Gasteiger partial charge in [-0.25, -0.2) is 4.68 Å². The predicted octanol–water partition coefficient (Wildman–Crippen LogP) is 1.78. The molecule has 0 saturated heterocycles. The van der Waals surface area contributed by atoms with E-state index in [1.54, 1.807) is 31.2 Å². The summed E-state index contributed by atoms with van der Waals surface area (Å²) in [7, 11) is 1.51. The maximum Gasteiger partial charge on any atom is 0.275 e. The molecule has 2 N–H and O–H groups in total. The van der Waals surface area contributed by atoms with Gasteiger partial charge in [-0.05, 0) is 37.6 Å². The molecule has 1 aromatic heterocycles. The van der Waals surface area contributed by atoms with Crippen LogP contribution in [0.5, 0.6) is 5.75 Å². The molecule has 0 aliphatic carbocycles. The SMILES string of the molecule is COc1ccc(C)cc1NC(=O)CNC(=O)Cn1nc(C)c2ccccc2c1=O. The van der Waals surface area contributed by atoms with Crippen molar-refractivity contribution in [3.8, 4) is 5.75 Å². The number of aryl methyl sites for hydroxylation is 2. The van der Waals surface area contributed by atoms with Gasteiger partial charge < -0.3 is 15.4 Å². The van der Waals surface area contributed by atoms with Gasteiger partial charge in [0.05, 0.1) is 30.4 Å². The van der Waals surface area contributed by atoms with Crippen molar-refractivity contribution in [1.82, 2.24) is 15.1 Å². The summed E-state index contributed by atoms with van der Waals surface area (Å²) in [6.45, 7) is 3.16. The largest absolute Gasteiger partial charge is 0.495 e. The maximum absolute atomic E-state index is 12.5. The monoisotopic (exact) mass is 394 g/mol. The van der Waals surface area contributed by atoms with E-state index in [2.05, 4.69) is 15.7 Å². The van der Waals surface area contributed by atoms with Gasteiger partial charge in [-0.3, -0.25) is 14.4 Å². The highest BCUT2D eigenvalue weighted by Crippen LogP contribution is 2.24. The molecule has 0 spiro atoms. The average molecular weight is 394 g/mol. The lowest BCUT2D eigenvalue weighted by Gasteiger charge is -2.12. The zero-order chi connectivity index (χ0) is 21.0. The highest BCUT2D eigenvalue weighted by Gasteiger charge is 2.13. The molecule has 0 saturated carbocycles. The molecular weight excluding hydrogens is 372 g/mol. The van der Waals surface area contributed by atoms with Crippen molar-refractivity contribution in [2.45, 2.75) is 20.4 Å². The number of carbonyl (C=O) groups is 2. The van der Waals surface area contributed by atoms with Crippen LogP contribution < -0.4 is 20.9 Å². The summed E-state index contributed by atoms with van der Waals surface area (Å²) in [6, 6.07) is 12.5. The quantitative estimate of drug-likeness (QED) is 0.663. The smallest absolute Gasteiger partial charge is 0.275 e. The van der Waals surface area contributed by atoms with Crippen molar-refractivity contribution >= 4 is 28.3 Å². The Morgan fingerprint density at radius 3 is 2.52 bits per heavy atom. The fourth-order valence-corrected chi connectivity index (χ4v) is 3.00. The van der Waals surface area contributed by atoms with Crippen molar-refractivity contribution < 1.29 is 14.3 Å². The molecule has 8 nitrogen and oxygen atoms in total. The van der Waals surface area contributed by atoms with Crippen LogP contribution >= 0.6 is 0 Å². The van der Waals surface area contributed by atoms with E-state index in [9.17, 15) is 14.4 Å². The number of anilines is 1. The minimum Gasteiger partial charge on any atom is -0.495 e. The highest BCUT2D eigenvalue weighted by molar-refractivity contribution is 5.95. The van der Waals surface area contributed by atoms with Gasteiger partial charge in [-0.15, -0.1) is 0 Å². The van der Waals surface area contributed by atoms with E-state index in [1.165, 1.54) is 7.11 Å². The van der Waals surface area contributed by atoms with E-state index in [-0.39, 0.29) is 18.6 Å². The van der Waals surface area contributed by atoms with Crippen LogP contribution in [0, 0.1) is 13.8 Å². The summed E-state index contributed by atoms with van der Waals surface area (Å²) in [5.74, 6) is -0.365. The van der Waals surface area contributed by atoms with Crippen LogP contribution in [0.15, 0.2) is 47.3 Å². The molecule has 8 heteroatoms. The zero-order valence-corrected chi connectivity index (χ0v) is 16.5. The summed E-state index contributed by atoms with van der Waals surface area (Å²) in [5.41, 5.74) is 1.78. The lowest BCUT2D eigenvalue weighted by Crippen LogP contribution is -2.38. The van der Waals surface area contributed by atoms with Crippen LogP contribution in [0.4, 0.5) is 5.69 Å². The number of amides is 2. The normalized spacial score (nSPS) is 10.6. The Hall–Kier alpha value is -3.68. The van der Waals surface area contributed by atoms with Gasteiger partial charge >= 0.3 is 0 Å². The molecule has 2 aromatic carbocycles. The first kappa shape index (κ1) is 20.1. The van der Waals surface area contributed by atoms with Crippen LogP contribution in [0.1, 0.15) is 11.3 Å². The second kappa shape index (κ2) is 8.55. The summed E-state index contributed by atoms with van der Waals surface area (Å²) < 4.78 is 6.32. The zero-order valence-electron chi connectivity index (χ0n) is 16.5. The molecule has 3 aromatic rings. The molecule has 0 aliphatic heterocycles. The van der Waals surface area contributed by atoms with Gasteiger partial charge in [-0.2, -0.15) is 5.10 Å². The Morgan fingerprint density at radius 2 is 1.79 bits per heavy atom. The van der Waals surface area contributed by atoms with Crippen molar-refractivity contribution in [2.75, 3.05) is 19.0 Å². The number of methoxy groups -OCH3 is 1. The average Bonchev–Trinajstić information content (AvgIpc) is 2.70. The first-order valence-electron chi connectivity index (χ1n) is 9.06. The number of fused-ring (bicyclic) bond motifs is 1. The van der Waals surface area contributed by atoms with Gasteiger partial charge in [0.2, 0.25) is 11.8 Å². The van der Waals surface area contributed by atoms with E-state index in [0.717, 1.165) is 15.6 Å². The first-order valence-corrected chi connectivity index (χ1v) is 9.06. The molecule has 2 amide bonds. The van der Waals surface area contributed by atoms with Crippen LogP contribution in [0.3, 0.4) is 0 Å². The molecule has 0 atom stereocenters. The van der Waals surface area contributed by atoms with Crippen molar-refractivity contribution in [3.05, 3.63) is 64.1 Å². The van der Waals surface area contributed by atoms with Crippen LogP contribution in [-0.2, 0) is 16.1 Å². The van der Waals surface area contributed by atoms with E-state index in [4.69, 9.17) is 4.74 Å². The van der Waals surface area contributed by atoms with Crippen molar-refractivity contribution in [2.24, 2.45) is 0 Å². The number of benzene rings is 2. The fraction of sp³-hybridized carbons (Fsp3) is 0.238. The Morgan fingerprint density at radius 1 is 1.07 bits per heavy atom. The van der Waals surface area contributed by atoms with Gasteiger partial charge in [0.1, 0.15) is 12.3 Å². The third-order valence-electron chi connectivity index (χ3n) is 4.42. The number of rotatable bonds is 6. The third kappa shape index (κ3) is 4.60. The Labute approximate surface area is 167 Å². The number of nitrogens with one attached hydrogen (secondary N) is 2. The Kier molecular flexibility index (Phi) is 5.92. The van der Waals surface area contributed by atoms with Crippen molar-refractivity contribution in [1.29, 1.82) is 0 Å². The number of carbonyl (C=O) groups excluding carboxylic acids is 2. The minimum absolute atomic E-state index is 0.239. The fourth-order valence-electron chi connectivity index (χ4n) is 3.00. The summed E-state index contributed by atoms with van der Waals surface area (Å²) in [4.78, 5) is 36.9. The van der Waals surface area contributed by atoms with Crippen LogP contribution in [0.25, 0.3) is 10.8 Å². The standard InChI is InChI=1S/C21H22N4O4/c1-13-8-9-18(29-3)17(10-13)23-19(26)11-22-20(27)12-25-21(28)16-7-5-4-6-15(16)14(2)24-25/h4-10H,11-12H2,1-3H3,(H,22,27)(H,23,26). The number of hydrogen-bond acceptors (Lipinski definition) is 5. The Balaban J connectivity index is 1.64. The Bertz CT molecular complexity index is 1140. The predicted molar refractivity (Wildman–Crippen MR) is 110 cm³/mol. The van der Waals surface area contributed by atoms with E-state index < -0.39 is 11.8 Å². The van der Waals surface area contributed by atoms with Gasteiger partial charge in [-0.1, -0.05) is 24.3 Å². The molecular formula is C21H22N4O4. The second-order valence-corrected chi connectivity index (χ2v) is 6.62. The summed E-state index contributed by atoms with van der Waals surface area (Å²) in [5, 5.41) is 10.7. The minimum atomic E-state index is -0.486. The van der Waals surface area contributed by atoms with E-state index in [0.29, 0.717) is 22.5 Å². The molecule has 0 bridgehead atoms. The van der Waals surface area contributed by atoms with Crippen molar-refractivity contribution in [3.63, 3.8) is 0 Å². The number of aromatic nitrogens is 2. The van der Waals surface area contributed by atoms with Gasteiger partial charge in [0.25, 0.3) is 5.56 Å². The molecule has 0 radical (unpaired) electrons. The lowest BCUT2D eigenvalue weighted by atomic mass is 10.1. The van der Waals surface area contributed by atoms with Crippen LogP contribution in [-0.4, -0.2) is 35.2 Å².